The quantitative estimate of drug-likeness (QED) is 0.224. The van der Waals surface area contributed by atoms with E-state index in [1.165, 1.54) is 18.4 Å². The number of carbonyl (C=O) groups excluding carboxylic acids is 1. The second kappa shape index (κ2) is 15.2. The van der Waals surface area contributed by atoms with E-state index in [9.17, 15) is 9.59 Å². The number of ether oxygens (including phenoxy) is 2. The zero-order valence-corrected chi connectivity index (χ0v) is 23.4. The fourth-order valence-electron chi connectivity index (χ4n) is 5.38. The van der Waals surface area contributed by atoms with Gasteiger partial charge >= 0.3 is 5.97 Å². The normalized spacial score (nSPS) is 20.3. The molecule has 4 rings (SSSR count). The molecule has 2 aromatic rings. The van der Waals surface area contributed by atoms with Gasteiger partial charge < -0.3 is 40.1 Å². The van der Waals surface area contributed by atoms with Crippen LogP contribution in [0.2, 0.25) is 0 Å². The number of aliphatic hydroxyl groups is 5. The van der Waals surface area contributed by atoms with Gasteiger partial charge in [0.05, 0.1) is 20.8 Å². The van der Waals surface area contributed by atoms with Crippen molar-refractivity contribution in [1.82, 2.24) is 4.90 Å². The van der Waals surface area contributed by atoms with Gasteiger partial charge in [0.25, 0.3) is 0 Å². The average Bonchev–Trinajstić information content (AvgIpc) is 3.29. The molecule has 6 N–H and O–H groups in total. The third-order valence-corrected chi connectivity index (χ3v) is 7.79. The summed E-state index contributed by atoms with van der Waals surface area (Å²) in [5.41, 5.74) is 3.31. The predicted molar refractivity (Wildman–Crippen MR) is 149 cm³/mol. The number of hydrogen-bond acceptors (Lipinski definition) is 10. The largest absolute Gasteiger partial charge is 0.493 e. The molecule has 226 valence electrons. The average molecular weight is 576 g/mol. The molecule has 1 aliphatic heterocycles. The van der Waals surface area contributed by atoms with Crippen LogP contribution < -0.4 is 9.47 Å². The number of fused-ring (bicyclic) bond motifs is 1. The molecule has 0 spiro atoms. The Bertz CT molecular complexity index is 1140. The van der Waals surface area contributed by atoms with E-state index in [2.05, 4.69) is 35.2 Å². The highest BCUT2D eigenvalue weighted by Crippen LogP contribution is 2.39. The Labute approximate surface area is 239 Å². The first-order chi connectivity index (χ1) is 19.6. The summed E-state index contributed by atoms with van der Waals surface area (Å²) >= 11 is 0. The molecule has 11 heteroatoms. The van der Waals surface area contributed by atoms with E-state index in [0.29, 0.717) is 17.4 Å². The minimum Gasteiger partial charge on any atom is -0.493 e. The van der Waals surface area contributed by atoms with Crippen LogP contribution in [-0.2, 0) is 17.8 Å². The van der Waals surface area contributed by atoms with Gasteiger partial charge in [0.2, 0.25) is 0 Å². The van der Waals surface area contributed by atoms with Gasteiger partial charge in [0.15, 0.2) is 23.4 Å². The Balaban J connectivity index is 0.000000302. The summed E-state index contributed by atoms with van der Waals surface area (Å²) in [5.74, 6) is 0.657. The summed E-state index contributed by atoms with van der Waals surface area (Å²) in [6.45, 7) is 2.43. The zero-order valence-electron chi connectivity index (χ0n) is 23.4. The lowest BCUT2D eigenvalue weighted by Crippen LogP contribution is -2.48. The van der Waals surface area contributed by atoms with Crippen LogP contribution in [0.5, 0.6) is 11.5 Å². The minimum atomic E-state index is -2.20. The summed E-state index contributed by atoms with van der Waals surface area (Å²) in [4.78, 5) is 25.6. The maximum Gasteiger partial charge on any atom is 0.335 e. The van der Waals surface area contributed by atoms with Gasteiger partial charge in [0, 0.05) is 18.0 Å². The van der Waals surface area contributed by atoms with Crippen molar-refractivity contribution in [2.45, 2.75) is 56.6 Å². The first-order valence-corrected chi connectivity index (χ1v) is 13.7. The van der Waals surface area contributed by atoms with Crippen LogP contribution >= 0.6 is 0 Å². The number of nitrogens with zero attached hydrogens (tertiary/aromatic N) is 1. The van der Waals surface area contributed by atoms with Crippen LogP contribution in [-0.4, -0.2) is 106 Å². The van der Waals surface area contributed by atoms with E-state index in [-0.39, 0.29) is 11.7 Å². The lowest BCUT2D eigenvalue weighted by atomic mass is 9.85. The van der Waals surface area contributed by atoms with Crippen molar-refractivity contribution in [3.8, 4) is 11.5 Å². The highest BCUT2D eigenvalue weighted by atomic mass is 16.5. The summed E-state index contributed by atoms with van der Waals surface area (Å²) in [6.07, 6.45) is -3.65. The smallest absolute Gasteiger partial charge is 0.335 e. The van der Waals surface area contributed by atoms with E-state index in [4.69, 9.17) is 40.1 Å². The molecule has 0 saturated carbocycles. The molecule has 2 aliphatic rings. The van der Waals surface area contributed by atoms with Crippen molar-refractivity contribution in [1.29, 1.82) is 0 Å². The molecule has 5 unspecified atom stereocenters. The second-order valence-corrected chi connectivity index (χ2v) is 10.6. The lowest BCUT2D eigenvalue weighted by Gasteiger charge is -2.32. The van der Waals surface area contributed by atoms with Gasteiger partial charge in [-0.25, -0.2) is 4.79 Å². The van der Waals surface area contributed by atoms with Crippen molar-refractivity contribution < 1.29 is 49.7 Å². The summed E-state index contributed by atoms with van der Waals surface area (Å²) < 4.78 is 10.8. The Hall–Kier alpha value is -3.06. The highest BCUT2D eigenvalue weighted by molar-refractivity contribution is 6.02. The molecule has 2 aromatic carbocycles. The summed E-state index contributed by atoms with van der Waals surface area (Å²) in [5, 5.41) is 51.8. The lowest BCUT2D eigenvalue weighted by molar-refractivity contribution is -0.164. The van der Waals surface area contributed by atoms with Gasteiger partial charge in [-0.3, -0.25) is 9.69 Å². The van der Waals surface area contributed by atoms with Gasteiger partial charge in [-0.2, -0.15) is 0 Å². The van der Waals surface area contributed by atoms with Gasteiger partial charge in [-0.1, -0.05) is 30.3 Å². The number of likely N-dealkylation sites (tertiary alicyclic amines) is 1. The number of aliphatic carboxylic acids is 1. The first-order valence-electron chi connectivity index (χ1n) is 13.7. The molecule has 0 aromatic heterocycles. The topological polar surface area (TPSA) is 177 Å². The third kappa shape index (κ3) is 8.48. The standard InChI is InChI=1S/C24H29NO3.C6H12O7/c1-27-22-14-19-13-20(24(26)21(19)15-23(22)28-2)12-17-8-10-25(11-9-17)16-18-6-4-3-5-7-18;7-1-2(8)3(9)4(10)5(11)6(12)13/h3-7,14-15,17,20H,8-13,16H2,1-2H3;2-5,7-11H,1H2,(H,12,13). The predicted octanol–water partition coefficient (Wildman–Crippen LogP) is 0.868. The molecule has 11 nitrogen and oxygen atoms in total. The van der Waals surface area contributed by atoms with Crippen LogP contribution in [0.25, 0.3) is 0 Å². The second-order valence-electron chi connectivity index (χ2n) is 10.6. The SMILES string of the molecule is COc1cc2c(cc1OC)C(=O)C(CC1CCN(Cc3ccccc3)CC1)C2.O=C(O)C(O)C(O)C(O)C(O)CO. The Morgan fingerprint density at radius 1 is 0.976 bits per heavy atom. The van der Waals surface area contributed by atoms with E-state index >= 15 is 0 Å². The molecule has 0 amide bonds. The van der Waals surface area contributed by atoms with Crippen LogP contribution in [0.4, 0.5) is 0 Å². The number of aliphatic hydroxyl groups excluding tert-OH is 5. The van der Waals surface area contributed by atoms with Crippen LogP contribution in [0.3, 0.4) is 0 Å². The van der Waals surface area contributed by atoms with Crippen molar-refractivity contribution in [2.24, 2.45) is 11.8 Å². The maximum absolute atomic E-state index is 12.9. The Morgan fingerprint density at radius 2 is 1.59 bits per heavy atom. The number of carbonyl (C=O) groups is 2. The van der Waals surface area contributed by atoms with Crippen LogP contribution in [0, 0.1) is 11.8 Å². The van der Waals surface area contributed by atoms with E-state index in [0.717, 1.165) is 43.6 Å². The van der Waals surface area contributed by atoms with Crippen LogP contribution in [0.1, 0.15) is 40.7 Å². The zero-order chi connectivity index (χ0) is 30.1. The Kier molecular flexibility index (Phi) is 12.1. The molecule has 1 heterocycles. The van der Waals surface area contributed by atoms with E-state index in [1.807, 2.05) is 12.1 Å². The molecule has 1 aliphatic carbocycles. The fourth-order valence-corrected chi connectivity index (χ4v) is 5.38. The molecule has 0 bridgehead atoms. The number of methoxy groups -OCH3 is 2. The maximum atomic E-state index is 12.9. The first kappa shape index (κ1) is 32.5. The van der Waals surface area contributed by atoms with Crippen molar-refractivity contribution in [2.75, 3.05) is 33.9 Å². The van der Waals surface area contributed by atoms with Gasteiger partial charge in [-0.15, -0.1) is 0 Å². The number of carboxylic acid groups (broad SMARTS) is 1. The van der Waals surface area contributed by atoms with Gasteiger partial charge in [-0.05, 0) is 68.0 Å². The van der Waals surface area contributed by atoms with Crippen molar-refractivity contribution in [3.63, 3.8) is 0 Å². The molecule has 5 atom stereocenters. The molecule has 1 fully saturated rings. The Morgan fingerprint density at radius 3 is 2.15 bits per heavy atom. The highest BCUT2D eigenvalue weighted by Gasteiger charge is 2.35. The number of carboxylic acids is 1. The number of rotatable bonds is 11. The van der Waals surface area contributed by atoms with E-state index in [1.54, 1.807) is 14.2 Å². The van der Waals surface area contributed by atoms with Crippen LogP contribution in [0.15, 0.2) is 42.5 Å². The third-order valence-electron chi connectivity index (χ3n) is 7.79. The van der Waals surface area contributed by atoms with E-state index < -0.39 is 37.0 Å². The molecule has 1 saturated heterocycles. The van der Waals surface area contributed by atoms with Crippen molar-refractivity contribution >= 4 is 11.8 Å². The molecular weight excluding hydrogens is 534 g/mol. The van der Waals surface area contributed by atoms with Gasteiger partial charge in [0.1, 0.15) is 18.3 Å². The van der Waals surface area contributed by atoms with Crippen molar-refractivity contribution in [3.05, 3.63) is 59.2 Å². The number of hydrogen-bond donors (Lipinski definition) is 6. The monoisotopic (exact) mass is 575 g/mol. The summed E-state index contributed by atoms with van der Waals surface area (Å²) in [6, 6.07) is 14.5. The number of piperidine rings is 1. The fraction of sp³-hybridized carbons (Fsp3) is 0.533. The molecule has 41 heavy (non-hydrogen) atoms. The molecule has 0 radical (unpaired) electrons. The number of Topliss-reactive ketones (excluding diaryl/α,β-unsaturated/α-hetero) is 1. The number of ketones is 1. The number of benzene rings is 2. The molecular formula is C30H41NO10. The minimum absolute atomic E-state index is 0.109. The summed E-state index contributed by atoms with van der Waals surface area (Å²) in [7, 11) is 3.26.